The van der Waals surface area contributed by atoms with Crippen molar-refractivity contribution < 1.29 is 33.4 Å². The number of methoxy groups -OCH3 is 2. The quantitative estimate of drug-likeness (QED) is 0.269. The molecule has 228 valence electrons. The van der Waals surface area contributed by atoms with E-state index in [1.807, 2.05) is 54.6 Å². The Kier molecular flexibility index (Phi) is 12.2. The second-order valence-corrected chi connectivity index (χ2v) is 13.2. The van der Waals surface area contributed by atoms with Crippen molar-refractivity contribution >= 4 is 38.8 Å². The van der Waals surface area contributed by atoms with Gasteiger partial charge in [0.15, 0.2) is 0 Å². The standard InChI is InChI=1S/C31H41N3O7Se/c1-31(2,3)41-30(38)33-25(20-42-19-22-13-15-23(39-4)16-14-22)28(36)34-17-9-12-26(34)27(35)32-24(29(37)40-5)18-21-10-7-6-8-11-21/h6-8,10-11,13-16,24-26H,9,12,17-20H2,1-5H3,(H,32,35)(H,33,38)/t24-,25-,26-/m0/s1. The van der Waals surface area contributed by atoms with E-state index in [0.29, 0.717) is 24.7 Å². The van der Waals surface area contributed by atoms with Crippen molar-refractivity contribution in [1.82, 2.24) is 15.5 Å². The molecule has 1 aliphatic heterocycles. The Bertz CT molecular complexity index is 1200. The van der Waals surface area contributed by atoms with Gasteiger partial charge in [0.25, 0.3) is 0 Å². The van der Waals surface area contributed by atoms with Crippen LogP contribution in [0.15, 0.2) is 54.6 Å². The van der Waals surface area contributed by atoms with E-state index in [-0.39, 0.29) is 27.3 Å². The van der Waals surface area contributed by atoms with Crippen LogP contribution in [-0.4, -0.2) is 88.2 Å². The first-order valence-electron chi connectivity index (χ1n) is 13.9. The SMILES string of the molecule is COC(=O)[C@H](Cc1ccccc1)NC(=O)[C@@H]1CCCN1C(=O)[C@H](C[Se]Cc1ccc(OC)cc1)NC(=O)OC(C)(C)C. The number of amides is 3. The molecule has 42 heavy (non-hydrogen) atoms. The molecule has 3 atom stereocenters. The summed E-state index contributed by atoms with van der Waals surface area (Å²) in [5.74, 6) is -0.559. The summed E-state index contributed by atoms with van der Waals surface area (Å²) in [6.07, 6.45) is 0.653. The summed E-state index contributed by atoms with van der Waals surface area (Å²) in [5.41, 5.74) is 1.24. The second-order valence-electron chi connectivity index (χ2n) is 11.0. The molecular formula is C31H41N3O7Se. The van der Waals surface area contributed by atoms with Gasteiger partial charge in [0.05, 0.1) is 0 Å². The molecule has 0 spiro atoms. The van der Waals surface area contributed by atoms with Crippen LogP contribution < -0.4 is 15.4 Å². The van der Waals surface area contributed by atoms with Gasteiger partial charge in [0.2, 0.25) is 0 Å². The molecule has 2 N–H and O–H groups in total. The number of carbonyl (C=O) groups excluding carboxylic acids is 4. The Morgan fingerprint density at radius 3 is 2.26 bits per heavy atom. The monoisotopic (exact) mass is 647 g/mol. The number of esters is 1. The van der Waals surface area contributed by atoms with E-state index in [0.717, 1.165) is 22.2 Å². The number of ether oxygens (including phenoxy) is 3. The van der Waals surface area contributed by atoms with Gasteiger partial charge in [-0.15, -0.1) is 0 Å². The van der Waals surface area contributed by atoms with Gasteiger partial charge in [-0.3, -0.25) is 0 Å². The number of nitrogens with zero attached hydrogens (tertiary/aromatic N) is 1. The van der Waals surface area contributed by atoms with Gasteiger partial charge in [-0.1, -0.05) is 6.07 Å². The van der Waals surface area contributed by atoms with E-state index in [1.54, 1.807) is 27.9 Å². The van der Waals surface area contributed by atoms with Crippen molar-refractivity contribution in [2.45, 2.75) is 74.4 Å². The molecule has 1 fully saturated rings. The molecule has 3 amide bonds. The Morgan fingerprint density at radius 1 is 0.952 bits per heavy atom. The molecular weight excluding hydrogens is 605 g/mol. The van der Waals surface area contributed by atoms with Crippen molar-refractivity contribution in [3.63, 3.8) is 0 Å². The zero-order valence-electron chi connectivity index (χ0n) is 24.9. The molecule has 0 aliphatic carbocycles. The van der Waals surface area contributed by atoms with Gasteiger partial charge >= 0.3 is 248 Å². The Labute approximate surface area is 254 Å². The minimum atomic E-state index is -0.897. The summed E-state index contributed by atoms with van der Waals surface area (Å²) < 4.78 is 15.6. The summed E-state index contributed by atoms with van der Waals surface area (Å²) in [7, 11) is 2.89. The predicted octanol–water partition coefficient (Wildman–Crippen LogP) is 3.10. The van der Waals surface area contributed by atoms with Gasteiger partial charge in [-0.05, 0) is 0 Å². The Morgan fingerprint density at radius 2 is 1.64 bits per heavy atom. The number of carbonyl (C=O) groups is 4. The molecule has 1 saturated heterocycles. The summed E-state index contributed by atoms with van der Waals surface area (Å²) in [6.45, 7) is 5.64. The number of nitrogens with one attached hydrogen (secondary N) is 2. The van der Waals surface area contributed by atoms with E-state index in [2.05, 4.69) is 10.6 Å². The third-order valence-electron chi connectivity index (χ3n) is 6.62. The Hall–Kier alpha value is -3.56. The van der Waals surface area contributed by atoms with Gasteiger partial charge in [0.1, 0.15) is 0 Å². The summed E-state index contributed by atoms with van der Waals surface area (Å²) in [5, 5.41) is 6.72. The first-order valence-corrected chi connectivity index (χ1v) is 16.4. The fourth-order valence-corrected chi connectivity index (χ4v) is 6.71. The van der Waals surface area contributed by atoms with Crippen LogP contribution in [0.1, 0.15) is 44.7 Å². The average Bonchev–Trinajstić information content (AvgIpc) is 3.46. The number of benzene rings is 2. The number of hydrogen-bond acceptors (Lipinski definition) is 7. The molecule has 0 radical (unpaired) electrons. The zero-order valence-corrected chi connectivity index (χ0v) is 26.6. The first-order chi connectivity index (χ1) is 20.0. The molecule has 0 bridgehead atoms. The molecule has 0 saturated carbocycles. The topological polar surface area (TPSA) is 123 Å². The van der Waals surface area contributed by atoms with Crippen molar-refractivity contribution in [2.24, 2.45) is 0 Å². The first kappa shape index (κ1) is 32.9. The molecule has 2 aromatic carbocycles. The average molecular weight is 647 g/mol. The van der Waals surface area contributed by atoms with E-state index in [1.165, 1.54) is 12.0 Å². The van der Waals surface area contributed by atoms with Crippen molar-refractivity contribution in [3.8, 4) is 5.75 Å². The maximum absolute atomic E-state index is 13.8. The number of rotatable bonds is 12. The number of likely N-dealkylation sites (tertiary alicyclic amines) is 1. The fraction of sp³-hybridized carbons (Fsp3) is 0.484. The van der Waals surface area contributed by atoms with Crippen LogP contribution in [0.5, 0.6) is 5.75 Å². The summed E-state index contributed by atoms with van der Waals surface area (Å²) in [6, 6.07) is 14.5. The number of hydrogen-bond donors (Lipinski definition) is 2. The summed E-state index contributed by atoms with van der Waals surface area (Å²) in [4.78, 5) is 54.0. The normalized spacial score (nSPS) is 16.2. The maximum atomic E-state index is 13.8. The third-order valence-corrected chi connectivity index (χ3v) is 8.95. The van der Waals surface area contributed by atoms with E-state index in [9.17, 15) is 19.2 Å². The van der Waals surface area contributed by atoms with Crippen LogP contribution in [0.3, 0.4) is 0 Å². The molecule has 3 rings (SSSR count). The molecule has 2 aromatic rings. The second kappa shape index (κ2) is 15.6. The number of alkyl carbamates (subject to hydrolysis) is 1. The minimum absolute atomic E-state index is 0.0347. The predicted molar refractivity (Wildman–Crippen MR) is 159 cm³/mol. The van der Waals surface area contributed by atoms with E-state index in [4.69, 9.17) is 14.2 Å². The van der Waals surface area contributed by atoms with Crippen molar-refractivity contribution in [1.29, 1.82) is 0 Å². The van der Waals surface area contributed by atoms with Gasteiger partial charge in [-0.25, -0.2) is 0 Å². The van der Waals surface area contributed by atoms with Crippen molar-refractivity contribution in [2.75, 3.05) is 20.8 Å². The van der Waals surface area contributed by atoms with Crippen LogP contribution >= 0.6 is 0 Å². The van der Waals surface area contributed by atoms with E-state index >= 15 is 0 Å². The van der Waals surface area contributed by atoms with Crippen LogP contribution in [0, 0.1) is 0 Å². The van der Waals surface area contributed by atoms with E-state index < -0.39 is 41.7 Å². The van der Waals surface area contributed by atoms with Gasteiger partial charge in [0, 0.05) is 0 Å². The fourth-order valence-electron chi connectivity index (χ4n) is 4.60. The van der Waals surface area contributed by atoms with Crippen LogP contribution in [-0.2, 0) is 35.6 Å². The molecule has 0 aromatic heterocycles. The molecule has 10 nitrogen and oxygen atoms in total. The molecule has 1 aliphatic rings. The van der Waals surface area contributed by atoms with Gasteiger partial charge < -0.3 is 0 Å². The molecule has 1 heterocycles. The third kappa shape index (κ3) is 10.1. The molecule has 11 heteroatoms. The van der Waals surface area contributed by atoms with Crippen molar-refractivity contribution in [3.05, 3.63) is 65.7 Å². The van der Waals surface area contributed by atoms with Crippen LogP contribution in [0.4, 0.5) is 4.79 Å². The van der Waals surface area contributed by atoms with Crippen LogP contribution in [0.2, 0.25) is 5.32 Å². The Balaban J connectivity index is 1.71. The van der Waals surface area contributed by atoms with Gasteiger partial charge in [-0.2, -0.15) is 0 Å². The zero-order chi connectivity index (χ0) is 30.7. The molecule has 0 unspecified atom stereocenters. The summed E-state index contributed by atoms with van der Waals surface area (Å²) >= 11 is -0.0347. The van der Waals surface area contributed by atoms with Crippen LogP contribution in [0.25, 0.3) is 0 Å².